The zero-order chi connectivity index (χ0) is 10.3. The summed E-state index contributed by atoms with van der Waals surface area (Å²) in [6.45, 7) is 1.42. The Morgan fingerprint density at radius 1 is 1.50 bits per heavy atom. The molecule has 0 radical (unpaired) electrons. The van der Waals surface area contributed by atoms with Gasteiger partial charge in [-0.3, -0.25) is 14.5 Å². The Bertz CT molecular complexity index is 277. The van der Waals surface area contributed by atoms with Crippen LogP contribution in [-0.4, -0.2) is 41.9 Å². The largest absolute Gasteiger partial charge is 0.461 e. The Labute approximate surface area is 83.2 Å². The topological polar surface area (TPSA) is 46.6 Å². The van der Waals surface area contributed by atoms with E-state index in [2.05, 4.69) is 4.90 Å². The number of fused-ring (bicyclic) bond motifs is 2. The Morgan fingerprint density at radius 2 is 2.21 bits per heavy atom. The monoisotopic (exact) mass is 197 g/mol. The third-order valence-electron chi connectivity index (χ3n) is 3.25. The van der Waals surface area contributed by atoms with Crippen molar-refractivity contribution in [3.05, 3.63) is 0 Å². The van der Waals surface area contributed by atoms with Crippen LogP contribution in [0.1, 0.15) is 26.2 Å². The van der Waals surface area contributed by atoms with Crippen LogP contribution in [0, 0.1) is 0 Å². The molecule has 0 aromatic carbocycles. The standard InChI is InChI=1S/C10H15NO3/c1-6(12)14-10-4-7-3-8(13)5-9(10)11(7)2/h7,9-10H,3-5H2,1-2H3/t7-,9+,10-/m1/s1. The van der Waals surface area contributed by atoms with E-state index in [-0.39, 0.29) is 24.2 Å². The van der Waals surface area contributed by atoms with Crippen molar-refractivity contribution < 1.29 is 14.3 Å². The number of ether oxygens (including phenoxy) is 1. The fraction of sp³-hybridized carbons (Fsp3) is 0.800. The molecular weight excluding hydrogens is 182 g/mol. The van der Waals surface area contributed by atoms with Crippen molar-refractivity contribution >= 4 is 11.8 Å². The van der Waals surface area contributed by atoms with E-state index in [0.717, 1.165) is 6.42 Å². The molecule has 4 nitrogen and oxygen atoms in total. The fourth-order valence-electron chi connectivity index (χ4n) is 2.55. The Kier molecular flexibility index (Phi) is 2.31. The molecular formula is C10H15NO3. The summed E-state index contributed by atoms with van der Waals surface area (Å²) in [6.07, 6.45) is 1.89. The second-order valence-corrected chi connectivity index (χ2v) is 4.22. The number of piperidine rings is 1. The van der Waals surface area contributed by atoms with E-state index in [4.69, 9.17) is 4.74 Å². The molecule has 2 aliphatic heterocycles. The Hall–Kier alpha value is -0.900. The zero-order valence-electron chi connectivity index (χ0n) is 8.53. The van der Waals surface area contributed by atoms with Gasteiger partial charge in [-0.2, -0.15) is 0 Å². The molecule has 0 aromatic heterocycles. The van der Waals surface area contributed by atoms with Crippen LogP contribution in [0.15, 0.2) is 0 Å². The molecule has 0 spiro atoms. The lowest BCUT2D eigenvalue weighted by Gasteiger charge is -2.30. The number of rotatable bonds is 1. The van der Waals surface area contributed by atoms with Gasteiger partial charge in [0.2, 0.25) is 0 Å². The maximum atomic E-state index is 11.3. The van der Waals surface area contributed by atoms with Gasteiger partial charge >= 0.3 is 5.97 Å². The van der Waals surface area contributed by atoms with Crippen LogP contribution in [0.4, 0.5) is 0 Å². The molecule has 2 rings (SSSR count). The van der Waals surface area contributed by atoms with Crippen molar-refractivity contribution in [2.75, 3.05) is 7.05 Å². The molecule has 2 fully saturated rings. The number of esters is 1. The van der Waals surface area contributed by atoms with Crippen molar-refractivity contribution in [3.8, 4) is 0 Å². The lowest BCUT2D eigenvalue weighted by Crippen LogP contribution is -2.43. The maximum Gasteiger partial charge on any atom is 0.302 e. The zero-order valence-corrected chi connectivity index (χ0v) is 8.53. The maximum absolute atomic E-state index is 11.3. The number of hydrogen-bond donors (Lipinski definition) is 0. The second kappa shape index (κ2) is 3.35. The molecule has 78 valence electrons. The number of nitrogens with zero attached hydrogens (tertiary/aromatic N) is 1. The summed E-state index contributed by atoms with van der Waals surface area (Å²) >= 11 is 0. The van der Waals surface area contributed by atoms with Crippen molar-refractivity contribution in [2.45, 2.75) is 44.4 Å². The van der Waals surface area contributed by atoms with Gasteiger partial charge in [0.05, 0.1) is 6.04 Å². The molecule has 2 bridgehead atoms. The molecule has 2 heterocycles. The van der Waals surface area contributed by atoms with Gasteiger partial charge in [0.15, 0.2) is 0 Å². The quantitative estimate of drug-likeness (QED) is 0.569. The number of hydrogen-bond acceptors (Lipinski definition) is 4. The van der Waals surface area contributed by atoms with Crippen LogP contribution < -0.4 is 0 Å². The minimum Gasteiger partial charge on any atom is -0.461 e. The van der Waals surface area contributed by atoms with Crippen LogP contribution in [0.5, 0.6) is 0 Å². The molecule has 3 atom stereocenters. The number of carbonyl (C=O) groups is 2. The number of likely N-dealkylation sites (N-methyl/N-ethyl adjacent to an activating group) is 1. The molecule has 0 aromatic rings. The average Bonchev–Trinajstić information content (AvgIpc) is 2.30. The highest BCUT2D eigenvalue weighted by atomic mass is 16.5. The van der Waals surface area contributed by atoms with Crippen molar-refractivity contribution in [2.24, 2.45) is 0 Å². The van der Waals surface area contributed by atoms with E-state index in [1.807, 2.05) is 7.05 Å². The smallest absolute Gasteiger partial charge is 0.302 e. The van der Waals surface area contributed by atoms with E-state index >= 15 is 0 Å². The Balaban J connectivity index is 2.09. The Morgan fingerprint density at radius 3 is 2.86 bits per heavy atom. The first-order chi connectivity index (χ1) is 6.58. The van der Waals surface area contributed by atoms with Crippen molar-refractivity contribution in [1.82, 2.24) is 4.90 Å². The SMILES string of the molecule is CC(=O)O[C@@H]1C[C@H]2CC(=O)C[C@@H]1N2C. The minimum atomic E-state index is -0.247. The summed E-state index contributed by atoms with van der Waals surface area (Å²) in [5, 5.41) is 0. The summed E-state index contributed by atoms with van der Waals surface area (Å²) in [4.78, 5) is 24.4. The predicted octanol–water partition coefficient (Wildman–Crippen LogP) is 0.354. The van der Waals surface area contributed by atoms with Crippen LogP contribution in [0.25, 0.3) is 0 Å². The summed E-state index contributed by atoms with van der Waals surface area (Å²) in [7, 11) is 2.01. The molecule has 0 amide bonds. The molecule has 0 aliphatic carbocycles. The number of Topliss-reactive ketones (excluding diaryl/α,β-unsaturated/α-hetero) is 1. The molecule has 0 unspecified atom stereocenters. The second-order valence-electron chi connectivity index (χ2n) is 4.22. The van der Waals surface area contributed by atoms with E-state index in [1.54, 1.807) is 0 Å². The molecule has 14 heavy (non-hydrogen) atoms. The van der Waals surface area contributed by atoms with Gasteiger partial charge < -0.3 is 4.74 Å². The first kappa shape index (κ1) is 9.65. The molecule has 4 heteroatoms. The highest BCUT2D eigenvalue weighted by Gasteiger charge is 2.45. The average molecular weight is 197 g/mol. The number of ketones is 1. The third kappa shape index (κ3) is 1.54. The van der Waals surface area contributed by atoms with Gasteiger partial charge in [-0.25, -0.2) is 0 Å². The lowest BCUT2D eigenvalue weighted by atomic mass is 10.0. The predicted molar refractivity (Wildman–Crippen MR) is 49.8 cm³/mol. The van der Waals surface area contributed by atoms with Crippen LogP contribution >= 0.6 is 0 Å². The molecule has 0 saturated carbocycles. The van der Waals surface area contributed by atoms with E-state index in [1.165, 1.54) is 6.92 Å². The van der Waals surface area contributed by atoms with E-state index in [0.29, 0.717) is 18.6 Å². The summed E-state index contributed by atoms with van der Waals surface area (Å²) in [5.74, 6) is 0.0520. The molecule has 0 N–H and O–H groups in total. The van der Waals surface area contributed by atoms with E-state index in [9.17, 15) is 9.59 Å². The van der Waals surface area contributed by atoms with Crippen molar-refractivity contribution in [1.29, 1.82) is 0 Å². The van der Waals surface area contributed by atoms with Crippen LogP contribution in [0.3, 0.4) is 0 Å². The fourth-order valence-corrected chi connectivity index (χ4v) is 2.55. The molecule has 2 saturated heterocycles. The normalized spacial score (nSPS) is 37.3. The van der Waals surface area contributed by atoms with Gasteiger partial charge in [-0.1, -0.05) is 0 Å². The van der Waals surface area contributed by atoms with Crippen LogP contribution in [-0.2, 0) is 14.3 Å². The highest BCUT2D eigenvalue weighted by Crippen LogP contribution is 2.34. The van der Waals surface area contributed by atoms with Gasteiger partial charge in [0, 0.05) is 32.2 Å². The summed E-state index contributed by atoms with van der Waals surface area (Å²) in [6, 6.07) is 0.399. The number of carbonyl (C=O) groups excluding carboxylic acids is 2. The minimum absolute atomic E-state index is 0.0750. The summed E-state index contributed by atoms with van der Waals surface area (Å²) < 4.78 is 5.21. The van der Waals surface area contributed by atoms with Crippen molar-refractivity contribution in [3.63, 3.8) is 0 Å². The summed E-state index contributed by atoms with van der Waals surface area (Å²) in [5.41, 5.74) is 0. The first-order valence-electron chi connectivity index (χ1n) is 4.99. The van der Waals surface area contributed by atoms with Gasteiger partial charge in [0.25, 0.3) is 0 Å². The first-order valence-corrected chi connectivity index (χ1v) is 4.99. The molecule has 2 aliphatic rings. The highest BCUT2D eigenvalue weighted by molar-refractivity contribution is 5.81. The van der Waals surface area contributed by atoms with Gasteiger partial charge in [-0.15, -0.1) is 0 Å². The third-order valence-corrected chi connectivity index (χ3v) is 3.25. The van der Waals surface area contributed by atoms with Crippen LogP contribution in [0.2, 0.25) is 0 Å². The van der Waals surface area contributed by atoms with Gasteiger partial charge in [0.1, 0.15) is 11.9 Å². The van der Waals surface area contributed by atoms with E-state index < -0.39 is 0 Å². The van der Waals surface area contributed by atoms with Gasteiger partial charge in [-0.05, 0) is 7.05 Å². The lowest BCUT2D eigenvalue weighted by molar-refractivity contribution is -0.148.